The van der Waals surface area contributed by atoms with E-state index in [1.807, 2.05) is 18.2 Å². The Morgan fingerprint density at radius 2 is 2.00 bits per heavy atom. The van der Waals surface area contributed by atoms with Crippen molar-refractivity contribution in [3.63, 3.8) is 0 Å². The molecule has 1 aliphatic heterocycles. The van der Waals surface area contributed by atoms with Gasteiger partial charge in [0.1, 0.15) is 6.61 Å². The third-order valence-corrected chi connectivity index (χ3v) is 4.78. The number of nitrogens with zero attached hydrogens (tertiary/aromatic N) is 2. The number of hydrogen-bond donors (Lipinski definition) is 2. The first-order chi connectivity index (χ1) is 13.5. The van der Waals surface area contributed by atoms with E-state index in [4.69, 9.17) is 20.6 Å². The van der Waals surface area contributed by atoms with Crippen LogP contribution in [0.15, 0.2) is 23.2 Å². The van der Waals surface area contributed by atoms with Crippen molar-refractivity contribution < 1.29 is 14.2 Å². The van der Waals surface area contributed by atoms with Crippen molar-refractivity contribution in [1.82, 2.24) is 15.5 Å². The van der Waals surface area contributed by atoms with Crippen molar-refractivity contribution in [2.45, 2.75) is 25.9 Å². The molecule has 1 fully saturated rings. The molecule has 7 nitrogen and oxygen atoms in total. The Morgan fingerprint density at radius 3 is 2.62 bits per heavy atom. The largest absolute Gasteiger partial charge is 0.493 e. The second-order valence-corrected chi connectivity index (χ2v) is 7.17. The summed E-state index contributed by atoms with van der Waals surface area (Å²) in [6.07, 6.45) is 5.28. The number of rotatable bonds is 8. The number of benzene rings is 1. The molecular formula is C21H33IN4O3. The lowest BCUT2D eigenvalue weighted by molar-refractivity contribution is -0.00834. The van der Waals surface area contributed by atoms with Crippen molar-refractivity contribution in [2.75, 3.05) is 53.6 Å². The molecule has 1 saturated heterocycles. The highest BCUT2D eigenvalue weighted by Crippen LogP contribution is 2.28. The minimum Gasteiger partial charge on any atom is -0.493 e. The average molecular weight is 516 g/mol. The van der Waals surface area contributed by atoms with E-state index in [0.29, 0.717) is 18.0 Å². The first-order valence-corrected chi connectivity index (χ1v) is 9.50. The fourth-order valence-corrected chi connectivity index (χ4v) is 3.05. The lowest BCUT2D eigenvalue weighted by Gasteiger charge is -2.41. The van der Waals surface area contributed by atoms with Gasteiger partial charge in [-0.25, -0.2) is 0 Å². The third-order valence-electron chi connectivity index (χ3n) is 4.78. The Hall–Kier alpha value is -1.70. The standard InChI is InChI=1S/C21H32N4O3.HI/c1-6-11-28-19-14-17(7-8-18(19)26-5)15-23-20(22-4)24-16-21(2,3)25-9-12-27-13-10-25;/h1,7-8,14H,9-13,15-16H2,2-5H3,(H2,22,23,24);1H. The number of ether oxygens (including phenoxy) is 3. The van der Waals surface area contributed by atoms with Crippen LogP contribution in [-0.4, -0.2) is 70.0 Å². The van der Waals surface area contributed by atoms with Gasteiger partial charge in [0.05, 0.1) is 20.3 Å². The summed E-state index contributed by atoms with van der Waals surface area (Å²) in [4.78, 5) is 6.77. The summed E-state index contributed by atoms with van der Waals surface area (Å²) in [5.74, 6) is 4.52. The molecule has 2 rings (SSSR count). The first-order valence-electron chi connectivity index (χ1n) is 9.50. The lowest BCUT2D eigenvalue weighted by Crippen LogP contribution is -2.56. The van der Waals surface area contributed by atoms with Gasteiger partial charge in [0.25, 0.3) is 0 Å². The van der Waals surface area contributed by atoms with E-state index in [1.165, 1.54) is 0 Å². The van der Waals surface area contributed by atoms with E-state index in [1.54, 1.807) is 14.2 Å². The molecule has 0 amide bonds. The minimum absolute atomic E-state index is 0. The summed E-state index contributed by atoms with van der Waals surface area (Å²) in [5, 5.41) is 6.76. The van der Waals surface area contributed by atoms with Crippen LogP contribution in [0.1, 0.15) is 19.4 Å². The second-order valence-electron chi connectivity index (χ2n) is 7.17. The SMILES string of the molecule is C#CCOc1cc(CNC(=NC)NCC(C)(C)N2CCOCC2)ccc1OC.I. The first kappa shape index (κ1) is 25.3. The number of morpholine rings is 1. The molecule has 0 unspecified atom stereocenters. The van der Waals surface area contributed by atoms with Gasteiger partial charge in [-0.1, -0.05) is 12.0 Å². The third kappa shape index (κ3) is 7.91. The minimum atomic E-state index is 0. The van der Waals surface area contributed by atoms with E-state index in [-0.39, 0.29) is 36.1 Å². The zero-order valence-corrected chi connectivity index (χ0v) is 20.1. The number of guanidine groups is 1. The average Bonchev–Trinajstić information content (AvgIpc) is 2.73. The molecule has 1 aromatic rings. The van der Waals surface area contributed by atoms with Crippen LogP contribution in [0.3, 0.4) is 0 Å². The van der Waals surface area contributed by atoms with Crippen LogP contribution in [0, 0.1) is 12.3 Å². The molecule has 162 valence electrons. The highest BCUT2D eigenvalue weighted by Gasteiger charge is 2.28. The number of terminal acetylenes is 1. The number of hydrogen-bond acceptors (Lipinski definition) is 5. The van der Waals surface area contributed by atoms with Crippen molar-refractivity contribution in [2.24, 2.45) is 4.99 Å². The number of methoxy groups -OCH3 is 1. The van der Waals surface area contributed by atoms with Crippen molar-refractivity contribution >= 4 is 29.9 Å². The molecule has 1 heterocycles. The van der Waals surface area contributed by atoms with E-state index in [2.05, 4.69) is 40.3 Å². The van der Waals surface area contributed by atoms with Crippen LogP contribution >= 0.6 is 24.0 Å². The van der Waals surface area contributed by atoms with E-state index in [9.17, 15) is 0 Å². The van der Waals surface area contributed by atoms with Gasteiger partial charge in [-0.15, -0.1) is 30.4 Å². The van der Waals surface area contributed by atoms with E-state index < -0.39 is 0 Å². The molecule has 0 radical (unpaired) electrons. The van der Waals surface area contributed by atoms with Gasteiger partial charge in [-0.3, -0.25) is 9.89 Å². The highest BCUT2D eigenvalue weighted by atomic mass is 127. The van der Waals surface area contributed by atoms with E-state index >= 15 is 0 Å². The fourth-order valence-electron chi connectivity index (χ4n) is 3.05. The second kappa shape index (κ2) is 12.8. The van der Waals surface area contributed by atoms with Gasteiger partial charge in [-0.2, -0.15) is 0 Å². The van der Waals surface area contributed by atoms with Gasteiger partial charge >= 0.3 is 0 Å². The quantitative estimate of drug-likeness (QED) is 0.239. The Bertz CT molecular complexity index is 698. The van der Waals surface area contributed by atoms with Crippen LogP contribution < -0.4 is 20.1 Å². The molecular weight excluding hydrogens is 483 g/mol. The molecule has 0 aromatic heterocycles. The molecule has 1 aromatic carbocycles. The summed E-state index contributed by atoms with van der Waals surface area (Å²) in [6, 6.07) is 5.79. The summed E-state index contributed by atoms with van der Waals surface area (Å²) >= 11 is 0. The molecule has 0 aliphatic carbocycles. The van der Waals surface area contributed by atoms with Crippen molar-refractivity contribution in [3.8, 4) is 23.8 Å². The molecule has 0 spiro atoms. The summed E-state index contributed by atoms with van der Waals surface area (Å²) in [6.45, 7) is 9.54. The van der Waals surface area contributed by atoms with Crippen LogP contribution in [0.4, 0.5) is 0 Å². The molecule has 8 heteroatoms. The molecule has 29 heavy (non-hydrogen) atoms. The maximum atomic E-state index is 5.56. The van der Waals surface area contributed by atoms with Crippen LogP contribution in [-0.2, 0) is 11.3 Å². The zero-order valence-electron chi connectivity index (χ0n) is 17.8. The van der Waals surface area contributed by atoms with Gasteiger partial charge in [-0.05, 0) is 31.5 Å². The monoisotopic (exact) mass is 516 g/mol. The topological polar surface area (TPSA) is 67.4 Å². The Kier molecular flexibility index (Phi) is 11.2. The Balaban J connectivity index is 0.00000420. The lowest BCUT2D eigenvalue weighted by atomic mass is 10.0. The summed E-state index contributed by atoms with van der Waals surface area (Å²) < 4.78 is 16.3. The fraction of sp³-hybridized carbons (Fsp3) is 0.571. The molecule has 1 aliphatic rings. The van der Waals surface area contributed by atoms with Crippen LogP contribution in [0.5, 0.6) is 11.5 Å². The smallest absolute Gasteiger partial charge is 0.191 e. The zero-order chi connectivity index (χ0) is 20.4. The van der Waals surface area contributed by atoms with Crippen molar-refractivity contribution in [1.29, 1.82) is 0 Å². The van der Waals surface area contributed by atoms with E-state index in [0.717, 1.165) is 44.4 Å². The van der Waals surface area contributed by atoms with Gasteiger partial charge in [0, 0.05) is 38.8 Å². The predicted molar refractivity (Wildman–Crippen MR) is 127 cm³/mol. The van der Waals surface area contributed by atoms with Crippen molar-refractivity contribution in [3.05, 3.63) is 23.8 Å². The van der Waals surface area contributed by atoms with Gasteiger partial charge in [0.2, 0.25) is 0 Å². The van der Waals surface area contributed by atoms with Crippen LogP contribution in [0.25, 0.3) is 0 Å². The molecule has 0 saturated carbocycles. The van der Waals surface area contributed by atoms with Crippen LogP contribution in [0.2, 0.25) is 0 Å². The normalized spacial score (nSPS) is 15.1. The maximum Gasteiger partial charge on any atom is 0.191 e. The predicted octanol–water partition coefficient (Wildman–Crippen LogP) is 2.10. The number of aliphatic imine (C=N–C) groups is 1. The summed E-state index contributed by atoms with van der Waals surface area (Å²) in [7, 11) is 3.38. The highest BCUT2D eigenvalue weighted by molar-refractivity contribution is 14.0. The Labute approximate surface area is 191 Å². The summed E-state index contributed by atoms with van der Waals surface area (Å²) in [5.41, 5.74) is 1.06. The molecule has 0 atom stereocenters. The Morgan fingerprint density at radius 1 is 1.28 bits per heavy atom. The number of nitrogens with one attached hydrogen (secondary N) is 2. The maximum absolute atomic E-state index is 5.56. The van der Waals surface area contributed by atoms with Gasteiger partial charge in [0.15, 0.2) is 17.5 Å². The van der Waals surface area contributed by atoms with Gasteiger partial charge < -0.3 is 24.8 Å². The molecule has 2 N–H and O–H groups in total. The number of halogens is 1. The molecule has 0 bridgehead atoms.